The van der Waals surface area contributed by atoms with E-state index < -0.39 is 5.91 Å². The molecule has 1 saturated heterocycles. The Hall–Kier alpha value is -3.78. The van der Waals surface area contributed by atoms with Crippen molar-refractivity contribution in [2.24, 2.45) is 5.73 Å². The maximum absolute atomic E-state index is 11.9. The molecule has 1 aliphatic heterocycles. The molecule has 178 valence electrons. The van der Waals surface area contributed by atoms with Crippen molar-refractivity contribution >= 4 is 23.1 Å². The molecule has 0 bridgehead atoms. The monoisotopic (exact) mass is 461 g/mol. The van der Waals surface area contributed by atoms with Gasteiger partial charge in [-0.05, 0) is 56.1 Å². The van der Waals surface area contributed by atoms with Crippen LogP contribution in [0.15, 0.2) is 60.8 Å². The smallest absolute Gasteiger partial charge is 0.252 e. The van der Waals surface area contributed by atoms with Crippen molar-refractivity contribution in [3.8, 4) is 11.5 Å². The van der Waals surface area contributed by atoms with Gasteiger partial charge in [-0.25, -0.2) is 4.98 Å². The number of carbonyl (C=O) groups excluding carboxylic acids is 1. The van der Waals surface area contributed by atoms with Crippen LogP contribution >= 0.6 is 0 Å². The molecule has 1 aliphatic rings. The van der Waals surface area contributed by atoms with Gasteiger partial charge in [0.1, 0.15) is 23.9 Å². The van der Waals surface area contributed by atoms with Gasteiger partial charge >= 0.3 is 0 Å². The van der Waals surface area contributed by atoms with Crippen LogP contribution in [0.2, 0.25) is 0 Å². The summed E-state index contributed by atoms with van der Waals surface area (Å²) >= 11 is 0. The molecule has 0 spiro atoms. The molecule has 3 aromatic rings. The minimum absolute atomic E-state index is 0.249. The summed E-state index contributed by atoms with van der Waals surface area (Å²) in [5, 5.41) is 16.5. The fraction of sp³-hybridized carbons (Fsp3) is 0.308. The summed E-state index contributed by atoms with van der Waals surface area (Å²) in [5.41, 5.74) is 8.08. The lowest BCUT2D eigenvalue weighted by Gasteiger charge is -2.16. The van der Waals surface area contributed by atoms with Gasteiger partial charge in [-0.2, -0.15) is 0 Å². The maximum Gasteiger partial charge on any atom is 0.252 e. The molecular formula is C26H31N5O3. The number of para-hydroxylation sites is 1. The van der Waals surface area contributed by atoms with Gasteiger partial charge in [0.25, 0.3) is 5.91 Å². The summed E-state index contributed by atoms with van der Waals surface area (Å²) in [4.78, 5) is 18.6. The zero-order chi connectivity index (χ0) is 23.8. The predicted molar refractivity (Wildman–Crippen MR) is 134 cm³/mol. The Morgan fingerprint density at radius 1 is 1.12 bits per heavy atom. The van der Waals surface area contributed by atoms with E-state index in [0.717, 1.165) is 36.6 Å². The molecule has 1 aromatic heterocycles. The third-order valence-electron chi connectivity index (χ3n) is 5.85. The van der Waals surface area contributed by atoms with E-state index in [9.17, 15) is 9.90 Å². The summed E-state index contributed by atoms with van der Waals surface area (Å²) in [6.45, 7) is 4.41. The minimum Gasteiger partial charge on any atom is -0.508 e. The van der Waals surface area contributed by atoms with Crippen LogP contribution in [0.1, 0.15) is 28.8 Å². The topological polar surface area (TPSA) is 113 Å². The number of hydrogen-bond acceptors (Lipinski definition) is 7. The number of phenolic OH excluding ortho intramolecular Hbond substituents is 1. The number of amides is 1. The molecule has 0 unspecified atom stereocenters. The molecule has 2 heterocycles. The fourth-order valence-electron chi connectivity index (χ4n) is 4.03. The van der Waals surface area contributed by atoms with Crippen LogP contribution in [-0.2, 0) is 6.42 Å². The van der Waals surface area contributed by atoms with Crippen LogP contribution in [0.4, 0.5) is 17.2 Å². The number of likely N-dealkylation sites (tertiary alicyclic amines) is 1. The highest BCUT2D eigenvalue weighted by Gasteiger charge is 2.12. The van der Waals surface area contributed by atoms with E-state index in [1.165, 1.54) is 19.0 Å². The van der Waals surface area contributed by atoms with Gasteiger partial charge in [0, 0.05) is 37.1 Å². The molecule has 0 radical (unpaired) electrons. The van der Waals surface area contributed by atoms with Crippen LogP contribution in [-0.4, -0.2) is 53.7 Å². The molecule has 8 heteroatoms. The van der Waals surface area contributed by atoms with E-state index in [4.69, 9.17) is 10.5 Å². The van der Waals surface area contributed by atoms with E-state index >= 15 is 0 Å². The quantitative estimate of drug-likeness (QED) is 0.344. The Morgan fingerprint density at radius 3 is 2.74 bits per heavy atom. The first-order valence-corrected chi connectivity index (χ1v) is 11.6. The normalized spacial score (nSPS) is 13.5. The number of nitrogens with two attached hydrogens (primary N) is 1. The number of aromatic hydroxyl groups is 1. The first-order chi connectivity index (χ1) is 16.6. The molecule has 1 fully saturated rings. The number of ether oxygens (including phenoxy) is 1. The van der Waals surface area contributed by atoms with Gasteiger partial charge in [-0.1, -0.05) is 24.3 Å². The molecule has 1 amide bonds. The maximum atomic E-state index is 11.9. The van der Waals surface area contributed by atoms with Gasteiger partial charge in [-0.15, -0.1) is 0 Å². The first-order valence-electron chi connectivity index (χ1n) is 11.6. The Kier molecular flexibility index (Phi) is 7.83. The van der Waals surface area contributed by atoms with Gasteiger partial charge < -0.3 is 26.2 Å². The third-order valence-corrected chi connectivity index (χ3v) is 5.85. The minimum atomic E-state index is -0.558. The molecule has 0 aliphatic carbocycles. The average molecular weight is 462 g/mol. The van der Waals surface area contributed by atoms with Gasteiger partial charge in [-0.3, -0.25) is 9.69 Å². The van der Waals surface area contributed by atoms with Gasteiger partial charge in [0.2, 0.25) is 0 Å². The number of pyridine rings is 1. The lowest BCUT2D eigenvalue weighted by atomic mass is 10.1. The second-order valence-electron chi connectivity index (χ2n) is 8.33. The van der Waals surface area contributed by atoms with Crippen LogP contribution in [0.25, 0.3) is 0 Å². The number of benzene rings is 2. The second-order valence-corrected chi connectivity index (χ2v) is 8.33. The summed E-state index contributed by atoms with van der Waals surface area (Å²) in [6, 6.07) is 16.7. The van der Waals surface area contributed by atoms with Crippen LogP contribution in [0.3, 0.4) is 0 Å². The predicted octanol–water partition coefficient (Wildman–Crippen LogP) is 3.76. The van der Waals surface area contributed by atoms with Crippen molar-refractivity contribution in [1.29, 1.82) is 0 Å². The van der Waals surface area contributed by atoms with E-state index in [1.807, 2.05) is 36.4 Å². The average Bonchev–Trinajstić information content (AvgIpc) is 3.34. The van der Waals surface area contributed by atoms with Crippen LogP contribution < -0.4 is 21.1 Å². The van der Waals surface area contributed by atoms with Crippen molar-refractivity contribution < 1.29 is 14.6 Å². The Labute approximate surface area is 199 Å². The number of primary amides is 1. The van der Waals surface area contributed by atoms with E-state index in [2.05, 4.69) is 20.5 Å². The van der Waals surface area contributed by atoms with Crippen molar-refractivity contribution in [2.45, 2.75) is 19.3 Å². The number of carbonyl (C=O) groups is 1. The van der Waals surface area contributed by atoms with Gasteiger partial charge in [0.15, 0.2) is 0 Å². The van der Waals surface area contributed by atoms with E-state index in [1.54, 1.807) is 18.2 Å². The molecule has 4 rings (SSSR count). The van der Waals surface area contributed by atoms with Gasteiger partial charge in [0.05, 0.1) is 11.3 Å². The van der Waals surface area contributed by atoms with Crippen molar-refractivity contribution in [2.75, 3.05) is 43.4 Å². The summed E-state index contributed by atoms with van der Waals surface area (Å²) in [7, 11) is 0. The number of hydrogen-bond donors (Lipinski definition) is 4. The standard InChI is InChI=1S/C26H31N5O3/c27-26(33)22-18-29-25(17-23(22)28-11-10-19-6-1-2-9-24(19)32)30-20-7-5-8-21(16-20)34-15-14-31-12-3-4-13-31/h1-2,5-9,16-18,32H,3-4,10-15H2,(H2,27,33)(H2,28,29,30). The number of nitrogens with zero attached hydrogens (tertiary/aromatic N) is 2. The molecule has 34 heavy (non-hydrogen) atoms. The summed E-state index contributed by atoms with van der Waals surface area (Å²) < 4.78 is 5.93. The third kappa shape index (κ3) is 6.39. The zero-order valence-electron chi connectivity index (χ0n) is 19.2. The van der Waals surface area contributed by atoms with Crippen molar-refractivity contribution in [3.63, 3.8) is 0 Å². The molecule has 8 nitrogen and oxygen atoms in total. The lowest BCUT2D eigenvalue weighted by Crippen LogP contribution is -2.25. The highest BCUT2D eigenvalue weighted by atomic mass is 16.5. The molecule has 0 atom stereocenters. The molecule has 0 saturated carbocycles. The number of anilines is 3. The van der Waals surface area contributed by atoms with Crippen LogP contribution in [0, 0.1) is 0 Å². The van der Waals surface area contributed by atoms with Crippen molar-refractivity contribution in [1.82, 2.24) is 9.88 Å². The highest BCUT2D eigenvalue weighted by molar-refractivity contribution is 5.98. The van der Waals surface area contributed by atoms with E-state index in [0.29, 0.717) is 36.6 Å². The summed E-state index contributed by atoms with van der Waals surface area (Å²) in [5.74, 6) is 1.06. The summed E-state index contributed by atoms with van der Waals surface area (Å²) in [6.07, 6.45) is 4.59. The van der Waals surface area contributed by atoms with E-state index in [-0.39, 0.29) is 5.75 Å². The number of phenols is 1. The number of nitrogens with one attached hydrogen (secondary N) is 2. The molecule has 2 aromatic carbocycles. The Bertz CT molecular complexity index is 1120. The highest BCUT2D eigenvalue weighted by Crippen LogP contribution is 2.24. The Morgan fingerprint density at radius 2 is 1.94 bits per heavy atom. The van der Waals surface area contributed by atoms with Crippen molar-refractivity contribution in [3.05, 3.63) is 71.9 Å². The number of aromatic nitrogens is 1. The number of rotatable bonds is 11. The largest absolute Gasteiger partial charge is 0.508 e. The molecule has 5 N–H and O–H groups in total. The SMILES string of the molecule is NC(=O)c1cnc(Nc2cccc(OCCN3CCCC3)c2)cc1NCCc1ccccc1O. The second kappa shape index (κ2) is 11.4. The lowest BCUT2D eigenvalue weighted by molar-refractivity contribution is 0.100. The Balaban J connectivity index is 1.38. The zero-order valence-corrected chi connectivity index (χ0v) is 19.2. The molecular weight excluding hydrogens is 430 g/mol. The fourth-order valence-corrected chi connectivity index (χ4v) is 4.03. The first kappa shape index (κ1) is 23.4. The van der Waals surface area contributed by atoms with Crippen LogP contribution in [0.5, 0.6) is 11.5 Å².